The summed E-state index contributed by atoms with van der Waals surface area (Å²) in [5.74, 6) is 0. The van der Waals surface area contributed by atoms with Gasteiger partial charge in [-0.15, -0.1) is 5.73 Å². The summed E-state index contributed by atoms with van der Waals surface area (Å²) in [6.45, 7) is 0. The van der Waals surface area contributed by atoms with Gasteiger partial charge in [0.1, 0.15) is 0 Å². The Kier molecular flexibility index (Phi) is 2.02. The van der Waals surface area contributed by atoms with Crippen molar-refractivity contribution in [3.05, 3.63) is 52.8 Å². The third-order valence-electron chi connectivity index (χ3n) is 2.74. The molecule has 0 heterocycles. The minimum absolute atomic E-state index is 0.911. The average Bonchev–Trinajstić information content (AvgIpc) is 2.72. The predicted molar refractivity (Wildman–Crippen MR) is 69.0 cm³/mol. The molecule has 1 heteroatoms. The molecule has 0 unspecified atom stereocenters. The first-order valence-electron chi connectivity index (χ1n) is 4.92. The lowest BCUT2D eigenvalue weighted by Crippen LogP contribution is -1.82. The summed E-state index contributed by atoms with van der Waals surface area (Å²) >= 11 is 3.48. The smallest absolute Gasteiger partial charge is 0.0283 e. The highest BCUT2D eigenvalue weighted by Crippen LogP contribution is 2.26. The summed E-state index contributed by atoms with van der Waals surface area (Å²) in [6.07, 6.45) is 4.07. The zero-order valence-corrected chi connectivity index (χ0v) is 9.71. The molecule has 0 bridgehead atoms. The molecule has 0 aliphatic heterocycles. The van der Waals surface area contributed by atoms with Gasteiger partial charge in [-0.1, -0.05) is 34.1 Å². The minimum atomic E-state index is 0.911. The molecule has 15 heavy (non-hydrogen) atoms. The standard InChI is InChI=1S/C14H9Br/c15-9-10-4-5-13-7-11-2-1-3-12(11)8-14(13)6-10/h2-8H,9H2. The van der Waals surface area contributed by atoms with Gasteiger partial charge in [0.2, 0.25) is 0 Å². The van der Waals surface area contributed by atoms with Crippen molar-refractivity contribution in [2.45, 2.75) is 5.33 Å². The monoisotopic (exact) mass is 256 g/mol. The first-order chi connectivity index (χ1) is 7.36. The van der Waals surface area contributed by atoms with E-state index >= 15 is 0 Å². The van der Waals surface area contributed by atoms with Crippen LogP contribution >= 0.6 is 15.9 Å². The predicted octanol–water partition coefficient (Wildman–Crippen LogP) is 4.37. The number of benzene rings is 2. The Bertz CT molecular complexity index is 602. The molecule has 0 atom stereocenters. The van der Waals surface area contributed by atoms with Crippen molar-refractivity contribution in [1.29, 1.82) is 0 Å². The van der Waals surface area contributed by atoms with E-state index in [-0.39, 0.29) is 0 Å². The van der Waals surface area contributed by atoms with Crippen LogP contribution in [0.25, 0.3) is 22.9 Å². The van der Waals surface area contributed by atoms with Gasteiger partial charge in [-0.05, 0) is 51.7 Å². The summed E-state index contributed by atoms with van der Waals surface area (Å²) in [6, 6.07) is 11.0. The second kappa shape index (κ2) is 3.37. The Morgan fingerprint density at radius 1 is 0.933 bits per heavy atom. The van der Waals surface area contributed by atoms with E-state index in [1.54, 1.807) is 0 Å². The highest BCUT2D eigenvalue weighted by molar-refractivity contribution is 9.08. The number of hydrogen-bond donors (Lipinski definition) is 0. The number of halogens is 1. The molecule has 2 aromatic carbocycles. The van der Waals surface area contributed by atoms with E-state index in [9.17, 15) is 0 Å². The van der Waals surface area contributed by atoms with Gasteiger partial charge in [-0.25, -0.2) is 0 Å². The molecule has 3 rings (SSSR count). The van der Waals surface area contributed by atoms with Gasteiger partial charge in [-0.3, -0.25) is 0 Å². The van der Waals surface area contributed by atoms with E-state index in [2.05, 4.69) is 52.0 Å². The molecular formula is C14H9Br. The lowest BCUT2D eigenvalue weighted by Gasteiger charge is -2.04. The molecule has 72 valence electrons. The topological polar surface area (TPSA) is 0 Å². The average molecular weight is 257 g/mol. The maximum Gasteiger partial charge on any atom is 0.0283 e. The second-order valence-corrected chi connectivity index (χ2v) is 4.31. The summed E-state index contributed by atoms with van der Waals surface area (Å²) in [5.41, 5.74) is 6.99. The third kappa shape index (κ3) is 1.45. The summed E-state index contributed by atoms with van der Waals surface area (Å²) < 4.78 is 0. The Morgan fingerprint density at radius 3 is 2.40 bits per heavy atom. The molecule has 0 nitrogen and oxygen atoms in total. The van der Waals surface area contributed by atoms with E-state index in [0.29, 0.717) is 0 Å². The van der Waals surface area contributed by atoms with Gasteiger partial charge < -0.3 is 0 Å². The van der Waals surface area contributed by atoms with Gasteiger partial charge in [0.05, 0.1) is 0 Å². The number of alkyl halides is 1. The van der Waals surface area contributed by atoms with Gasteiger partial charge in [-0.2, -0.15) is 0 Å². The van der Waals surface area contributed by atoms with E-state index in [4.69, 9.17) is 0 Å². The van der Waals surface area contributed by atoms with Crippen LogP contribution in [0.1, 0.15) is 16.7 Å². The second-order valence-electron chi connectivity index (χ2n) is 3.75. The summed E-state index contributed by atoms with van der Waals surface area (Å²) in [7, 11) is 0. The fraction of sp³-hybridized carbons (Fsp3) is 0.0714. The van der Waals surface area contributed by atoms with Crippen LogP contribution in [0, 0.1) is 0 Å². The molecule has 0 N–H and O–H groups in total. The maximum absolute atomic E-state index is 3.48. The first-order valence-corrected chi connectivity index (χ1v) is 6.04. The Hall–Kier alpha value is -1.30. The Balaban J connectivity index is 2.30. The van der Waals surface area contributed by atoms with Crippen LogP contribution in [0.3, 0.4) is 0 Å². The van der Waals surface area contributed by atoms with E-state index in [1.165, 1.54) is 27.5 Å². The zero-order valence-electron chi connectivity index (χ0n) is 8.13. The highest BCUT2D eigenvalue weighted by atomic mass is 79.9. The van der Waals surface area contributed by atoms with Crippen LogP contribution < -0.4 is 0 Å². The number of fused-ring (bicyclic) bond motifs is 2. The van der Waals surface area contributed by atoms with Gasteiger partial charge in [0, 0.05) is 5.33 Å². The summed E-state index contributed by atoms with van der Waals surface area (Å²) in [4.78, 5) is 0. The molecule has 0 fully saturated rings. The molecule has 0 saturated carbocycles. The van der Waals surface area contributed by atoms with Crippen LogP contribution in [0.2, 0.25) is 0 Å². The fourth-order valence-electron chi connectivity index (χ4n) is 1.94. The van der Waals surface area contributed by atoms with Crippen LogP contribution in [-0.4, -0.2) is 0 Å². The van der Waals surface area contributed by atoms with Crippen LogP contribution in [0.4, 0.5) is 0 Å². The lowest BCUT2D eigenvalue weighted by molar-refractivity contribution is 1.46. The van der Waals surface area contributed by atoms with Crippen molar-refractivity contribution in [2.24, 2.45) is 0 Å². The molecule has 0 radical (unpaired) electrons. The molecular weight excluding hydrogens is 248 g/mol. The van der Waals surface area contributed by atoms with Crippen LogP contribution in [-0.2, 0) is 5.33 Å². The SMILES string of the molecule is BrCc1ccc2cc3c(cc2c1)C=C=C3. The lowest BCUT2D eigenvalue weighted by atomic mass is 10.0. The largest absolute Gasteiger partial charge is 0.120 e. The van der Waals surface area contributed by atoms with Gasteiger partial charge in [0.15, 0.2) is 0 Å². The van der Waals surface area contributed by atoms with Crippen LogP contribution in [0.15, 0.2) is 36.1 Å². The normalized spacial score (nSPS) is 12.3. The minimum Gasteiger partial charge on any atom is -0.120 e. The summed E-state index contributed by atoms with van der Waals surface area (Å²) in [5, 5.41) is 3.51. The molecule has 1 aliphatic rings. The van der Waals surface area contributed by atoms with Crippen molar-refractivity contribution >= 4 is 38.9 Å². The van der Waals surface area contributed by atoms with Crippen molar-refractivity contribution in [2.75, 3.05) is 0 Å². The highest BCUT2D eigenvalue weighted by Gasteiger charge is 2.04. The molecule has 2 aromatic rings. The molecule has 0 saturated heterocycles. The van der Waals surface area contributed by atoms with Gasteiger partial charge >= 0.3 is 0 Å². The Morgan fingerprint density at radius 2 is 1.67 bits per heavy atom. The third-order valence-corrected chi connectivity index (χ3v) is 3.39. The van der Waals surface area contributed by atoms with E-state index < -0.39 is 0 Å². The van der Waals surface area contributed by atoms with Crippen molar-refractivity contribution < 1.29 is 0 Å². The Labute approximate surface area is 97.1 Å². The quantitative estimate of drug-likeness (QED) is 0.448. The maximum atomic E-state index is 3.48. The van der Waals surface area contributed by atoms with E-state index in [0.717, 1.165) is 5.33 Å². The zero-order chi connectivity index (χ0) is 10.3. The van der Waals surface area contributed by atoms with E-state index in [1.807, 2.05) is 12.2 Å². The fourth-order valence-corrected chi connectivity index (χ4v) is 2.29. The molecule has 1 aliphatic carbocycles. The van der Waals surface area contributed by atoms with Crippen molar-refractivity contribution in [3.63, 3.8) is 0 Å². The van der Waals surface area contributed by atoms with Crippen molar-refractivity contribution in [3.8, 4) is 0 Å². The molecule has 0 aromatic heterocycles. The molecule has 0 amide bonds. The van der Waals surface area contributed by atoms with Crippen LogP contribution in [0.5, 0.6) is 0 Å². The first kappa shape index (κ1) is 8.96. The van der Waals surface area contributed by atoms with Crippen molar-refractivity contribution in [1.82, 2.24) is 0 Å². The van der Waals surface area contributed by atoms with Gasteiger partial charge in [0.25, 0.3) is 0 Å². The number of rotatable bonds is 1. The number of hydrogen-bond acceptors (Lipinski definition) is 0. The molecule has 0 spiro atoms.